The number of nitrogens with two attached hydrogens (primary N) is 1. The van der Waals surface area contributed by atoms with Crippen LogP contribution in [-0.4, -0.2) is 13.3 Å². The molecule has 0 aromatic heterocycles. The van der Waals surface area contributed by atoms with Gasteiger partial charge >= 0.3 is 6.18 Å². The molecule has 102 valence electrons. The zero-order valence-electron chi connectivity index (χ0n) is 9.93. The monoisotopic (exact) mass is 325 g/mol. The first-order chi connectivity index (χ1) is 8.33. The lowest BCUT2D eigenvalue weighted by Crippen LogP contribution is -2.13. The molecular weight excluding hydrogens is 311 g/mol. The molecule has 1 atom stereocenters. The van der Waals surface area contributed by atoms with Gasteiger partial charge in [0.1, 0.15) is 5.75 Å². The highest BCUT2D eigenvalue weighted by molar-refractivity contribution is 9.10. The van der Waals surface area contributed by atoms with Gasteiger partial charge in [-0.1, -0.05) is 6.07 Å². The van der Waals surface area contributed by atoms with E-state index < -0.39 is 18.6 Å². The second-order valence-corrected chi connectivity index (χ2v) is 4.86. The molecule has 0 amide bonds. The van der Waals surface area contributed by atoms with Crippen LogP contribution in [0.15, 0.2) is 22.7 Å². The molecule has 0 saturated carbocycles. The van der Waals surface area contributed by atoms with Crippen molar-refractivity contribution in [1.82, 2.24) is 0 Å². The predicted molar refractivity (Wildman–Crippen MR) is 67.5 cm³/mol. The fourth-order valence-electron chi connectivity index (χ4n) is 1.60. The van der Waals surface area contributed by atoms with Crippen molar-refractivity contribution in [2.24, 2.45) is 5.73 Å². The molecule has 1 aromatic rings. The Morgan fingerprint density at radius 2 is 2.06 bits per heavy atom. The Hall–Kier alpha value is -0.750. The Morgan fingerprint density at radius 3 is 2.56 bits per heavy atom. The third-order valence-electron chi connectivity index (χ3n) is 2.58. The fourth-order valence-corrected chi connectivity index (χ4v) is 2.16. The van der Waals surface area contributed by atoms with E-state index in [4.69, 9.17) is 10.5 Å². The first-order valence-corrected chi connectivity index (χ1v) is 6.28. The van der Waals surface area contributed by atoms with Crippen LogP contribution in [0.1, 0.15) is 30.9 Å². The Kier molecular flexibility index (Phi) is 5.47. The lowest BCUT2D eigenvalue weighted by Gasteiger charge is -2.14. The van der Waals surface area contributed by atoms with E-state index in [1.54, 1.807) is 25.3 Å². The Balaban J connectivity index is 2.56. The molecule has 0 aliphatic rings. The SMILES string of the molecule is COc1ccc(C(N)CCCC(F)(F)F)cc1Br. The van der Waals surface area contributed by atoms with Gasteiger partial charge in [-0.15, -0.1) is 0 Å². The van der Waals surface area contributed by atoms with Crippen molar-refractivity contribution in [3.8, 4) is 5.75 Å². The summed E-state index contributed by atoms with van der Waals surface area (Å²) in [4.78, 5) is 0. The topological polar surface area (TPSA) is 35.2 Å². The zero-order chi connectivity index (χ0) is 13.8. The third-order valence-corrected chi connectivity index (χ3v) is 3.20. The minimum absolute atomic E-state index is 0.0360. The summed E-state index contributed by atoms with van der Waals surface area (Å²) in [5.74, 6) is 0.668. The van der Waals surface area contributed by atoms with Gasteiger partial charge in [-0.25, -0.2) is 0 Å². The highest BCUT2D eigenvalue weighted by atomic mass is 79.9. The molecule has 0 aliphatic carbocycles. The third kappa shape index (κ3) is 4.86. The van der Waals surface area contributed by atoms with Crippen LogP contribution in [0.3, 0.4) is 0 Å². The summed E-state index contributed by atoms with van der Waals surface area (Å²) in [6, 6.07) is 4.89. The van der Waals surface area contributed by atoms with Crippen molar-refractivity contribution < 1.29 is 17.9 Å². The summed E-state index contributed by atoms with van der Waals surface area (Å²) in [5.41, 5.74) is 6.65. The largest absolute Gasteiger partial charge is 0.496 e. The summed E-state index contributed by atoms with van der Waals surface area (Å²) in [6.45, 7) is 0. The second kappa shape index (κ2) is 6.43. The minimum Gasteiger partial charge on any atom is -0.496 e. The summed E-state index contributed by atoms with van der Waals surface area (Å²) in [6.07, 6.45) is -4.56. The molecule has 1 unspecified atom stereocenters. The normalized spacial score (nSPS) is 13.4. The van der Waals surface area contributed by atoms with E-state index in [9.17, 15) is 13.2 Å². The van der Waals surface area contributed by atoms with Gasteiger partial charge in [-0.05, 0) is 46.5 Å². The van der Waals surface area contributed by atoms with Gasteiger partial charge in [0.25, 0.3) is 0 Å². The molecule has 1 rings (SSSR count). The van der Waals surface area contributed by atoms with Crippen molar-refractivity contribution in [3.05, 3.63) is 28.2 Å². The van der Waals surface area contributed by atoms with E-state index in [-0.39, 0.29) is 6.42 Å². The number of rotatable bonds is 5. The Labute approximate surface area is 112 Å². The van der Waals surface area contributed by atoms with Crippen LogP contribution < -0.4 is 10.5 Å². The first kappa shape index (κ1) is 15.3. The van der Waals surface area contributed by atoms with Crippen LogP contribution in [0.4, 0.5) is 13.2 Å². The van der Waals surface area contributed by atoms with Gasteiger partial charge in [-0.3, -0.25) is 0 Å². The average molecular weight is 326 g/mol. The van der Waals surface area contributed by atoms with Gasteiger partial charge in [0.05, 0.1) is 11.6 Å². The fraction of sp³-hybridized carbons (Fsp3) is 0.500. The minimum atomic E-state index is -4.11. The van der Waals surface area contributed by atoms with Gasteiger partial charge < -0.3 is 10.5 Å². The number of ether oxygens (including phenoxy) is 1. The number of halogens is 4. The quantitative estimate of drug-likeness (QED) is 0.880. The molecular formula is C12H15BrF3NO. The summed E-state index contributed by atoms with van der Waals surface area (Å²) in [5, 5.41) is 0. The van der Waals surface area contributed by atoms with Gasteiger partial charge in [0.15, 0.2) is 0 Å². The molecule has 0 saturated heterocycles. The molecule has 0 radical (unpaired) electrons. The second-order valence-electron chi connectivity index (χ2n) is 4.01. The van der Waals surface area contributed by atoms with Crippen LogP contribution in [0, 0.1) is 0 Å². The molecule has 18 heavy (non-hydrogen) atoms. The number of hydrogen-bond acceptors (Lipinski definition) is 2. The van der Waals surface area contributed by atoms with Crippen molar-refractivity contribution in [2.75, 3.05) is 7.11 Å². The van der Waals surface area contributed by atoms with Crippen molar-refractivity contribution in [1.29, 1.82) is 0 Å². The van der Waals surface area contributed by atoms with E-state index >= 15 is 0 Å². The maximum absolute atomic E-state index is 12.0. The van der Waals surface area contributed by atoms with Gasteiger partial charge in [0, 0.05) is 12.5 Å². The van der Waals surface area contributed by atoms with Crippen LogP contribution in [0.5, 0.6) is 5.75 Å². The van der Waals surface area contributed by atoms with Crippen LogP contribution >= 0.6 is 15.9 Å². The van der Waals surface area contributed by atoms with Crippen molar-refractivity contribution >= 4 is 15.9 Å². The zero-order valence-corrected chi connectivity index (χ0v) is 11.5. The summed E-state index contributed by atoms with van der Waals surface area (Å²) < 4.78 is 41.8. The highest BCUT2D eigenvalue weighted by Gasteiger charge is 2.26. The molecule has 6 heteroatoms. The maximum Gasteiger partial charge on any atom is 0.389 e. The van der Waals surface area contributed by atoms with Gasteiger partial charge in [-0.2, -0.15) is 13.2 Å². The summed E-state index contributed by atoms with van der Waals surface area (Å²) >= 11 is 3.31. The smallest absolute Gasteiger partial charge is 0.389 e. The average Bonchev–Trinajstić information content (AvgIpc) is 2.27. The Bertz CT molecular complexity index is 395. The molecule has 2 nitrogen and oxygen atoms in total. The first-order valence-electron chi connectivity index (χ1n) is 5.49. The molecule has 0 spiro atoms. The standard InChI is InChI=1S/C12H15BrF3NO/c1-18-11-5-4-8(7-9(11)13)10(17)3-2-6-12(14,15)16/h4-5,7,10H,2-3,6,17H2,1H3. The molecule has 0 bridgehead atoms. The predicted octanol–water partition coefficient (Wildman–Crippen LogP) is 4.19. The van der Waals surface area contributed by atoms with E-state index in [1.165, 1.54) is 0 Å². The molecule has 0 aliphatic heterocycles. The number of benzene rings is 1. The lowest BCUT2D eigenvalue weighted by atomic mass is 10.0. The molecule has 0 fully saturated rings. The molecule has 2 N–H and O–H groups in total. The number of hydrogen-bond donors (Lipinski definition) is 1. The number of methoxy groups -OCH3 is 1. The number of alkyl halides is 3. The van der Waals surface area contributed by atoms with E-state index in [0.717, 1.165) is 10.0 Å². The summed E-state index contributed by atoms with van der Waals surface area (Å²) in [7, 11) is 1.54. The maximum atomic E-state index is 12.0. The molecule has 0 heterocycles. The molecule has 1 aromatic carbocycles. The van der Waals surface area contributed by atoms with Crippen LogP contribution in [-0.2, 0) is 0 Å². The van der Waals surface area contributed by atoms with Crippen molar-refractivity contribution in [3.63, 3.8) is 0 Å². The van der Waals surface area contributed by atoms with Crippen LogP contribution in [0.2, 0.25) is 0 Å². The van der Waals surface area contributed by atoms with Crippen LogP contribution in [0.25, 0.3) is 0 Å². The van der Waals surface area contributed by atoms with E-state index in [0.29, 0.717) is 12.2 Å². The van der Waals surface area contributed by atoms with E-state index in [2.05, 4.69) is 15.9 Å². The lowest BCUT2D eigenvalue weighted by molar-refractivity contribution is -0.135. The van der Waals surface area contributed by atoms with Gasteiger partial charge in [0.2, 0.25) is 0 Å². The van der Waals surface area contributed by atoms with Crippen molar-refractivity contribution in [2.45, 2.75) is 31.5 Å². The Morgan fingerprint density at radius 1 is 1.39 bits per heavy atom. The van der Waals surface area contributed by atoms with E-state index in [1.807, 2.05) is 0 Å². The highest BCUT2D eigenvalue weighted by Crippen LogP contribution is 2.30.